The molecule has 0 spiro atoms. The van der Waals surface area contributed by atoms with Crippen LogP contribution < -0.4 is 0 Å². The zero-order valence-corrected chi connectivity index (χ0v) is 28.0. The molecule has 0 saturated heterocycles. The van der Waals surface area contributed by atoms with Gasteiger partial charge in [0.05, 0.1) is 33.1 Å². The number of fused-ring (bicyclic) bond motifs is 13. The van der Waals surface area contributed by atoms with E-state index in [9.17, 15) is 0 Å². The number of hydrogen-bond acceptors (Lipinski definition) is 2. The van der Waals surface area contributed by atoms with Crippen molar-refractivity contribution in [2.45, 2.75) is 0 Å². The lowest BCUT2D eigenvalue weighted by atomic mass is 10.0. The minimum absolute atomic E-state index is 0.707. The number of nitrogens with zero attached hydrogens (tertiary/aromatic N) is 4. The normalized spacial score (nSPS) is 12.2. The van der Waals surface area contributed by atoms with E-state index >= 15 is 0 Å². The van der Waals surface area contributed by atoms with Crippen LogP contribution in [0, 0.1) is 0 Å². The molecule has 0 fully saturated rings. The van der Waals surface area contributed by atoms with Gasteiger partial charge in [0.1, 0.15) is 5.82 Å². The molecular weight excluding hydrogens is 633 g/mol. The lowest BCUT2D eigenvalue weighted by Crippen LogP contribution is -2.02. The van der Waals surface area contributed by atoms with Crippen molar-refractivity contribution in [2.75, 3.05) is 0 Å². The Balaban J connectivity index is 1.22. The average Bonchev–Trinajstić information content (AvgIpc) is 3.85. The summed E-state index contributed by atoms with van der Waals surface area (Å²) in [4.78, 5) is 10.6. The fourth-order valence-electron chi connectivity index (χ4n) is 8.79. The van der Waals surface area contributed by atoms with Gasteiger partial charge in [-0.1, -0.05) is 140 Å². The lowest BCUT2D eigenvalue weighted by Gasteiger charge is -2.13. The summed E-state index contributed by atoms with van der Waals surface area (Å²) >= 11 is 0. The van der Waals surface area contributed by atoms with Gasteiger partial charge in [-0.05, 0) is 46.8 Å². The zero-order chi connectivity index (χ0) is 33.9. The molecule has 0 aliphatic heterocycles. The Bertz CT molecular complexity index is 3390. The number of rotatable bonds is 3. The summed E-state index contributed by atoms with van der Waals surface area (Å²) in [6.07, 6.45) is 0. The maximum Gasteiger partial charge on any atom is 0.162 e. The average molecular weight is 661 g/mol. The molecule has 0 aliphatic carbocycles. The number of hydrogen-bond donors (Lipinski definition) is 0. The van der Waals surface area contributed by atoms with Gasteiger partial charge in [0.15, 0.2) is 5.82 Å². The highest BCUT2D eigenvalue weighted by Gasteiger charge is 2.26. The zero-order valence-electron chi connectivity index (χ0n) is 28.0. The van der Waals surface area contributed by atoms with Gasteiger partial charge in [0.2, 0.25) is 0 Å². The molecule has 4 heterocycles. The molecule has 12 aromatic rings. The van der Waals surface area contributed by atoms with Crippen molar-refractivity contribution in [1.29, 1.82) is 0 Å². The van der Waals surface area contributed by atoms with Crippen molar-refractivity contribution >= 4 is 81.6 Å². The highest BCUT2D eigenvalue weighted by Crippen LogP contribution is 2.48. The first-order valence-electron chi connectivity index (χ1n) is 17.8. The summed E-state index contributed by atoms with van der Waals surface area (Å²) in [5.74, 6) is 1.59. The number of benzene rings is 8. The Morgan fingerprint density at radius 1 is 0.365 bits per heavy atom. The third kappa shape index (κ3) is 3.65. The first-order chi connectivity index (χ1) is 25.8. The van der Waals surface area contributed by atoms with E-state index < -0.39 is 0 Å². The van der Waals surface area contributed by atoms with Crippen molar-refractivity contribution in [3.05, 3.63) is 170 Å². The van der Waals surface area contributed by atoms with Crippen LogP contribution in [0.4, 0.5) is 0 Å². The van der Waals surface area contributed by atoms with Gasteiger partial charge in [0.25, 0.3) is 0 Å². The fraction of sp³-hybridized carbons (Fsp3) is 0. The molecule has 12 rings (SSSR count). The SMILES string of the molecule is c1ccc(-c2ccc(-c3nc(-n4c5ccccc5c5c6c7ccccc7n7c8c9ccccc9ccc8c(cc54)c67)c4ccccc4n3)cc2)cc1. The van der Waals surface area contributed by atoms with Crippen molar-refractivity contribution in [3.63, 3.8) is 0 Å². The molecule has 0 atom stereocenters. The molecule has 4 nitrogen and oxygen atoms in total. The van der Waals surface area contributed by atoms with Crippen molar-refractivity contribution in [1.82, 2.24) is 18.9 Å². The Labute approximate surface area is 297 Å². The Kier molecular flexibility index (Phi) is 5.47. The molecule has 240 valence electrons. The van der Waals surface area contributed by atoms with E-state index in [1.807, 2.05) is 6.07 Å². The topological polar surface area (TPSA) is 35.1 Å². The molecule has 0 saturated carbocycles. The largest absolute Gasteiger partial charge is 0.307 e. The van der Waals surface area contributed by atoms with Gasteiger partial charge in [0, 0.05) is 48.7 Å². The van der Waals surface area contributed by atoms with Gasteiger partial charge in [-0.15, -0.1) is 0 Å². The number of aromatic nitrogens is 4. The third-order valence-electron chi connectivity index (χ3n) is 11.0. The standard InChI is InChI=1S/C48H28N4/c1-2-12-29(13-3-1)30-22-24-32(25-23-30)47-49-39-19-9-6-16-35(39)48(50-47)51-40-20-10-7-17-36(40)43-42(51)28-38-34-27-26-31-14-4-5-15-33(31)45(34)52-41-21-11-8-18-37(41)44(43)46(38)52/h1-28H. The summed E-state index contributed by atoms with van der Waals surface area (Å²) in [5, 5.41) is 11.0. The van der Waals surface area contributed by atoms with Gasteiger partial charge in [-0.25, -0.2) is 9.97 Å². The Morgan fingerprint density at radius 2 is 1.00 bits per heavy atom. The molecule has 0 radical (unpaired) electrons. The van der Waals surface area contributed by atoms with E-state index in [2.05, 4.69) is 173 Å². The van der Waals surface area contributed by atoms with Crippen molar-refractivity contribution < 1.29 is 0 Å². The minimum Gasteiger partial charge on any atom is -0.307 e. The summed E-state index contributed by atoms with van der Waals surface area (Å²) in [6.45, 7) is 0. The Morgan fingerprint density at radius 3 is 1.83 bits per heavy atom. The first kappa shape index (κ1) is 27.7. The van der Waals surface area contributed by atoms with Crippen LogP contribution in [0.5, 0.6) is 0 Å². The van der Waals surface area contributed by atoms with Crippen LogP contribution in [-0.2, 0) is 0 Å². The van der Waals surface area contributed by atoms with E-state index in [0.717, 1.165) is 33.3 Å². The van der Waals surface area contributed by atoms with Gasteiger partial charge >= 0.3 is 0 Å². The smallest absolute Gasteiger partial charge is 0.162 e. The Hall–Kier alpha value is -7.04. The highest BCUT2D eigenvalue weighted by atomic mass is 15.1. The summed E-state index contributed by atoms with van der Waals surface area (Å²) in [5.41, 5.74) is 10.3. The van der Waals surface area contributed by atoms with Crippen LogP contribution in [-0.4, -0.2) is 18.9 Å². The van der Waals surface area contributed by atoms with E-state index in [0.29, 0.717) is 5.82 Å². The van der Waals surface area contributed by atoms with Gasteiger partial charge in [-0.3, -0.25) is 4.57 Å². The monoisotopic (exact) mass is 660 g/mol. The summed E-state index contributed by atoms with van der Waals surface area (Å²) in [7, 11) is 0. The molecule has 0 amide bonds. The lowest BCUT2D eigenvalue weighted by molar-refractivity contribution is 1.08. The second-order valence-electron chi connectivity index (χ2n) is 13.8. The quantitative estimate of drug-likeness (QED) is 0.189. The second-order valence-corrected chi connectivity index (χ2v) is 13.8. The highest BCUT2D eigenvalue weighted by molar-refractivity contribution is 6.37. The van der Waals surface area contributed by atoms with Crippen molar-refractivity contribution in [2.24, 2.45) is 0 Å². The van der Waals surface area contributed by atoms with Gasteiger partial charge in [-0.2, -0.15) is 0 Å². The first-order valence-corrected chi connectivity index (χ1v) is 17.8. The molecule has 0 bridgehead atoms. The predicted octanol–water partition coefficient (Wildman–Crippen LogP) is 12.4. The van der Waals surface area contributed by atoms with Crippen LogP contribution in [0.25, 0.3) is 110 Å². The molecule has 8 aromatic carbocycles. The molecule has 0 unspecified atom stereocenters. The van der Waals surface area contributed by atoms with E-state index in [4.69, 9.17) is 9.97 Å². The van der Waals surface area contributed by atoms with E-state index in [1.165, 1.54) is 70.8 Å². The molecule has 52 heavy (non-hydrogen) atoms. The van der Waals surface area contributed by atoms with Crippen LogP contribution in [0.3, 0.4) is 0 Å². The second kappa shape index (κ2) is 10.3. The van der Waals surface area contributed by atoms with E-state index in [-0.39, 0.29) is 0 Å². The molecule has 4 heteroatoms. The van der Waals surface area contributed by atoms with Crippen LogP contribution in [0.2, 0.25) is 0 Å². The van der Waals surface area contributed by atoms with Gasteiger partial charge < -0.3 is 4.40 Å². The van der Waals surface area contributed by atoms with Crippen LogP contribution in [0.1, 0.15) is 0 Å². The summed E-state index contributed by atoms with van der Waals surface area (Å²) < 4.78 is 4.90. The van der Waals surface area contributed by atoms with Crippen LogP contribution in [0.15, 0.2) is 170 Å². The van der Waals surface area contributed by atoms with Crippen molar-refractivity contribution in [3.8, 4) is 28.3 Å². The molecule has 4 aromatic heterocycles. The minimum atomic E-state index is 0.707. The van der Waals surface area contributed by atoms with Crippen LogP contribution >= 0.6 is 0 Å². The molecular formula is C48H28N4. The maximum absolute atomic E-state index is 5.45. The predicted molar refractivity (Wildman–Crippen MR) is 217 cm³/mol. The third-order valence-corrected chi connectivity index (χ3v) is 11.0. The molecule has 0 N–H and O–H groups in total. The number of para-hydroxylation sites is 3. The summed E-state index contributed by atoms with van der Waals surface area (Å²) in [6, 6.07) is 60.9. The molecule has 0 aliphatic rings. The van der Waals surface area contributed by atoms with E-state index in [1.54, 1.807) is 0 Å². The fourth-order valence-corrected chi connectivity index (χ4v) is 8.79. The maximum atomic E-state index is 5.45.